The number of unbranched alkanes of at least 4 members (excludes halogenated alkanes) is 3. The molecule has 4 N–H and O–H groups in total. The quantitative estimate of drug-likeness (QED) is 0.0204. The molecule has 7 aromatic carbocycles. The summed E-state index contributed by atoms with van der Waals surface area (Å²) in [6, 6.07) is 49.3. The van der Waals surface area contributed by atoms with E-state index in [0.717, 1.165) is 127 Å². The highest BCUT2D eigenvalue weighted by molar-refractivity contribution is 6.10. The number of azo groups is 2. The van der Waals surface area contributed by atoms with Gasteiger partial charge in [-0.15, -0.1) is 15.3 Å². The van der Waals surface area contributed by atoms with Crippen LogP contribution in [0.15, 0.2) is 213 Å². The third-order valence-corrected chi connectivity index (χ3v) is 17.8. The van der Waals surface area contributed by atoms with Crippen molar-refractivity contribution in [2.24, 2.45) is 20.5 Å². The molecule has 0 aromatic heterocycles. The Hall–Kier alpha value is -8.97. The van der Waals surface area contributed by atoms with Gasteiger partial charge in [0.25, 0.3) is 0 Å². The second-order valence-electron chi connectivity index (χ2n) is 25.0. The number of allylic oxidation sites excluding steroid dienone is 7. The molecule has 0 bridgehead atoms. The Labute approximate surface area is 519 Å². The minimum atomic E-state index is -0.809. The second-order valence-corrected chi connectivity index (χ2v) is 25.0. The van der Waals surface area contributed by atoms with E-state index >= 15 is 0 Å². The first-order valence-corrected chi connectivity index (χ1v) is 31.9. The normalized spacial score (nSPS) is 18.5. The third-order valence-electron chi connectivity index (χ3n) is 17.8. The molecule has 1 unspecified atom stereocenters. The topological polar surface area (TPSA) is 147 Å². The molecule has 0 spiro atoms. The minimum absolute atomic E-state index is 0.0199. The first-order chi connectivity index (χ1) is 42.8. The fraction of sp³-hybridized carbons (Fsp3) is 0.347. The lowest BCUT2D eigenvalue weighted by atomic mass is 9.81. The van der Waals surface area contributed by atoms with Crippen molar-refractivity contribution in [2.75, 3.05) is 48.3 Å². The number of carbonyl (C=O) groups is 2. The van der Waals surface area contributed by atoms with Crippen molar-refractivity contribution >= 4 is 84.6 Å². The Kier molecular flexibility index (Phi) is 18.6. The van der Waals surface area contributed by atoms with Gasteiger partial charge in [0.15, 0.2) is 5.71 Å². The Morgan fingerprint density at radius 3 is 2.03 bits per heavy atom. The molecule has 1 amide bonds. The number of hydrogen-bond acceptors (Lipinski definition) is 11. The number of ether oxygens (including phenoxy) is 1. The Balaban J connectivity index is 0.696. The van der Waals surface area contributed by atoms with Gasteiger partial charge in [-0.25, -0.2) is 0 Å². The van der Waals surface area contributed by atoms with E-state index in [2.05, 4.69) is 155 Å². The number of carbonyl (C=O) groups excluding carboxylic acids is 2. The van der Waals surface area contributed by atoms with Crippen LogP contribution in [0.4, 0.5) is 45.5 Å². The zero-order valence-electron chi connectivity index (χ0n) is 52.4. The zero-order chi connectivity index (χ0) is 61.3. The summed E-state index contributed by atoms with van der Waals surface area (Å²) in [5.74, 6) is -0.598. The highest BCUT2D eigenvalue weighted by atomic mass is 16.5. The summed E-state index contributed by atoms with van der Waals surface area (Å²) < 4.78 is 8.39. The molecule has 0 fully saturated rings. The van der Waals surface area contributed by atoms with Crippen molar-refractivity contribution in [2.45, 2.75) is 136 Å². The predicted molar refractivity (Wildman–Crippen MR) is 361 cm³/mol. The van der Waals surface area contributed by atoms with E-state index in [1.807, 2.05) is 104 Å². The molecular weight excluding hydrogens is 1090 g/mol. The molecule has 452 valence electrons. The average Bonchev–Trinajstić information content (AvgIpc) is 1.69. The van der Waals surface area contributed by atoms with Gasteiger partial charge in [0, 0.05) is 106 Å². The number of hydrogen-bond donors (Lipinski definition) is 4. The second kappa shape index (κ2) is 27.0. The summed E-state index contributed by atoms with van der Waals surface area (Å²) in [5, 5.41) is 36.4. The highest BCUT2D eigenvalue weighted by Crippen LogP contribution is 2.49. The Morgan fingerprint density at radius 1 is 0.625 bits per heavy atom. The standard InChI is InChI=1S/C75H84N10O3/c1-8-10-49-84-65-35-19-17-32-58(65)73(3,4)67(84)43-37-52-25-23-26-53(38-44-68-74(5,6)59-33-18-20-36-66(59)85(68)50-11-9-2)72(52)77-48-22-21-47-76-69(86)45-46-70(87)88-51-75(7)78-63-34-24-31-57-62(41-42-64(79-75)71(57)63)83-82-61-40-39-60(55-29-15-16-30-56(55)61)81-80-54-27-13-12-14-28-54/h12-20,24,27-44H,8-11,21-23,25-26,45-51H2,1-7H3,(H3,76,78,79,80,82,86)/p+1/b52-37+,67-43+. The molecular formula is C75H85N10O3+. The molecule has 3 heterocycles. The molecule has 0 radical (unpaired) electrons. The number of para-hydroxylation sites is 2. The SMILES string of the molecule is CCCCN1/C(=C/C=C2\CCCC(/C=C/C3=[N+](CCCC)c4ccccc4C3(C)C)=C2NCCCCNC(=O)CCC(=O)OCC2(C)Nc3cccc4c(N=Nc5ccc(N=Nc6ccccc6)c6ccccc56)ccc(c34)N2)C(C)(C)c2ccccc21. The van der Waals surface area contributed by atoms with Crippen LogP contribution in [0.25, 0.3) is 21.5 Å². The molecule has 1 atom stereocenters. The molecule has 11 rings (SSSR count). The fourth-order valence-electron chi connectivity index (χ4n) is 13.1. The molecule has 4 aliphatic rings. The van der Waals surface area contributed by atoms with Crippen LogP contribution in [0.2, 0.25) is 0 Å². The van der Waals surface area contributed by atoms with Crippen LogP contribution in [0.5, 0.6) is 0 Å². The summed E-state index contributed by atoms with van der Waals surface area (Å²) in [6.07, 6.45) is 18.9. The van der Waals surface area contributed by atoms with E-state index in [0.29, 0.717) is 12.2 Å². The summed E-state index contributed by atoms with van der Waals surface area (Å²) in [5.41, 5.74) is 15.7. The van der Waals surface area contributed by atoms with Gasteiger partial charge in [-0.3, -0.25) is 9.59 Å². The van der Waals surface area contributed by atoms with Crippen LogP contribution < -0.4 is 26.2 Å². The average molecular weight is 1170 g/mol. The predicted octanol–water partition coefficient (Wildman–Crippen LogP) is 18.5. The number of esters is 1. The molecule has 0 saturated carbocycles. The molecule has 13 nitrogen and oxygen atoms in total. The lowest BCUT2D eigenvalue weighted by Gasteiger charge is -2.38. The number of nitrogens with zero attached hydrogens (tertiary/aromatic N) is 6. The maximum Gasteiger partial charge on any atom is 0.306 e. The van der Waals surface area contributed by atoms with Crippen LogP contribution in [0.1, 0.15) is 130 Å². The first kappa shape index (κ1) is 60.7. The van der Waals surface area contributed by atoms with Gasteiger partial charge in [0.2, 0.25) is 11.6 Å². The van der Waals surface area contributed by atoms with Crippen molar-refractivity contribution in [3.63, 3.8) is 0 Å². The van der Waals surface area contributed by atoms with E-state index in [1.165, 1.54) is 50.8 Å². The van der Waals surface area contributed by atoms with Crippen LogP contribution in [-0.2, 0) is 25.2 Å². The summed E-state index contributed by atoms with van der Waals surface area (Å²) in [6.45, 7) is 19.3. The van der Waals surface area contributed by atoms with E-state index < -0.39 is 11.6 Å². The lowest BCUT2D eigenvalue weighted by Crippen LogP contribution is -2.49. The maximum atomic E-state index is 13.2. The number of fused-ring (bicyclic) bond motifs is 3. The van der Waals surface area contributed by atoms with Crippen molar-refractivity contribution in [1.82, 2.24) is 10.6 Å². The van der Waals surface area contributed by atoms with Gasteiger partial charge < -0.3 is 30.9 Å². The summed E-state index contributed by atoms with van der Waals surface area (Å²) >= 11 is 0. The van der Waals surface area contributed by atoms with Gasteiger partial charge in [-0.2, -0.15) is 9.69 Å². The van der Waals surface area contributed by atoms with Crippen molar-refractivity contribution in [3.05, 3.63) is 204 Å². The number of anilines is 3. The lowest BCUT2D eigenvalue weighted by molar-refractivity contribution is -0.438. The number of nitrogens with one attached hydrogen (secondary N) is 4. The molecule has 3 aliphatic heterocycles. The third kappa shape index (κ3) is 13.1. The number of rotatable bonds is 24. The molecule has 7 aromatic rings. The van der Waals surface area contributed by atoms with E-state index in [9.17, 15) is 9.59 Å². The highest BCUT2D eigenvalue weighted by Gasteiger charge is 2.44. The largest absolute Gasteiger partial charge is 0.461 e. The van der Waals surface area contributed by atoms with Crippen molar-refractivity contribution < 1.29 is 18.9 Å². The van der Waals surface area contributed by atoms with Crippen LogP contribution >= 0.6 is 0 Å². The van der Waals surface area contributed by atoms with E-state index in [1.54, 1.807) is 0 Å². The van der Waals surface area contributed by atoms with Gasteiger partial charge in [-0.1, -0.05) is 144 Å². The monoisotopic (exact) mass is 1170 g/mol. The fourth-order valence-corrected chi connectivity index (χ4v) is 13.1. The van der Waals surface area contributed by atoms with Crippen molar-refractivity contribution in [3.8, 4) is 0 Å². The number of amides is 1. The van der Waals surface area contributed by atoms with Crippen LogP contribution in [0, 0.1) is 0 Å². The molecule has 0 saturated heterocycles. The van der Waals surface area contributed by atoms with Crippen LogP contribution in [0.3, 0.4) is 0 Å². The van der Waals surface area contributed by atoms with E-state index in [4.69, 9.17) is 15.0 Å². The molecule has 13 heteroatoms. The number of benzene rings is 7. The summed E-state index contributed by atoms with van der Waals surface area (Å²) in [4.78, 5) is 28.9. The Morgan fingerprint density at radius 2 is 1.27 bits per heavy atom. The Bertz CT molecular complexity index is 3950. The first-order valence-electron chi connectivity index (χ1n) is 31.9. The maximum absolute atomic E-state index is 13.2. The molecule has 88 heavy (non-hydrogen) atoms. The smallest absolute Gasteiger partial charge is 0.306 e. The van der Waals surface area contributed by atoms with Gasteiger partial charge in [-0.05, 0) is 131 Å². The van der Waals surface area contributed by atoms with Crippen LogP contribution in [-0.4, -0.2) is 60.6 Å². The van der Waals surface area contributed by atoms with E-state index in [-0.39, 0.29) is 36.2 Å². The van der Waals surface area contributed by atoms with Gasteiger partial charge in [0.1, 0.15) is 18.8 Å². The van der Waals surface area contributed by atoms with Gasteiger partial charge >= 0.3 is 5.97 Å². The van der Waals surface area contributed by atoms with Gasteiger partial charge in [0.05, 0.1) is 34.6 Å². The van der Waals surface area contributed by atoms with Crippen molar-refractivity contribution in [1.29, 1.82) is 0 Å². The molecule has 1 aliphatic carbocycles. The minimum Gasteiger partial charge on any atom is -0.461 e. The summed E-state index contributed by atoms with van der Waals surface area (Å²) in [7, 11) is 0. The zero-order valence-corrected chi connectivity index (χ0v) is 52.4.